The number of esters is 1. The van der Waals surface area contributed by atoms with Gasteiger partial charge in [-0.3, -0.25) is 4.79 Å². The Balaban J connectivity index is 2.86. The highest BCUT2D eigenvalue weighted by molar-refractivity contribution is 9.09. The molecule has 0 spiro atoms. The number of hydrogen-bond acceptors (Lipinski definition) is 2. The lowest BCUT2D eigenvalue weighted by Gasteiger charge is -2.07. The smallest absolute Gasteiger partial charge is 0.308 e. The lowest BCUT2D eigenvalue weighted by Crippen LogP contribution is -2.01. The largest absolute Gasteiger partial charge is 0.427 e. The number of hydrogen-bond donors (Lipinski definition) is 0. The normalized spacial score (nSPS) is 12.7. The van der Waals surface area contributed by atoms with E-state index >= 15 is 0 Å². The highest BCUT2D eigenvalue weighted by Gasteiger charge is 2.05. The van der Waals surface area contributed by atoms with Crippen LogP contribution < -0.4 is 4.74 Å². The maximum absolute atomic E-state index is 10.8. The minimum Gasteiger partial charge on any atom is -0.427 e. The van der Waals surface area contributed by atoms with Crippen LogP contribution in [0.2, 0.25) is 0 Å². The number of halogens is 1. The number of rotatable bonds is 3. The zero-order valence-electron chi connectivity index (χ0n) is 8.74. The van der Waals surface area contributed by atoms with E-state index in [2.05, 4.69) is 15.9 Å². The van der Waals surface area contributed by atoms with Gasteiger partial charge in [-0.25, -0.2) is 0 Å². The van der Waals surface area contributed by atoms with Gasteiger partial charge in [0.25, 0.3) is 0 Å². The molecule has 0 N–H and O–H groups in total. The standard InChI is InChI=1S/C12H13BrO2/c1-3-5-12(13)10-6-4-7-11(8-10)15-9(2)14/h3-8,12H,1-2H3. The molecule has 1 aromatic rings. The molecular weight excluding hydrogens is 256 g/mol. The summed E-state index contributed by atoms with van der Waals surface area (Å²) in [5.41, 5.74) is 1.06. The molecule has 0 bridgehead atoms. The quantitative estimate of drug-likeness (QED) is 0.362. The Hall–Kier alpha value is -1.09. The minimum absolute atomic E-state index is 0.151. The van der Waals surface area contributed by atoms with Crippen LogP contribution in [0.4, 0.5) is 0 Å². The van der Waals surface area contributed by atoms with Crippen LogP contribution in [0.1, 0.15) is 24.2 Å². The highest BCUT2D eigenvalue weighted by atomic mass is 79.9. The number of ether oxygens (including phenoxy) is 1. The van der Waals surface area contributed by atoms with E-state index in [1.54, 1.807) is 6.07 Å². The van der Waals surface area contributed by atoms with Gasteiger partial charge < -0.3 is 4.74 Å². The molecule has 1 atom stereocenters. The topological polar surface area (TPSA) is 26.3 Å². The van der Waals surface area contributed by atoms with Crippen molar-refractivity contribution in [1.29, 1.82) is 0 Å². The lowest BCUT2D eigenvalue weighted by molar-refractivity contribution is -0.131. The van der Waals surface area contributed by atoms with Gasteiger partial charge >= 0.3 is 5.97 Å². The molecular formula is C12H13BrO2. The van der Waals surface area contributed by atoms with Gasteiger partial charge in [0.2, 0.25) is 0 Å². The zero-order chi connectivity index (χ0) is 11.3. The molecule has 2 nitrogen and oxygen atoms in total. The van der Waals surface area contributed by atoms with Crippen molar-refractivity contribution < 1.29 is 9.53 Å². The maximum atomic E-state index is 10.8. The third-order valence-corrected chi connectivity index (χ3v) is 2.63. The summed E-state index contributed by atoms with van der Waals surface area (Å²) >= 11 is 3.52. The fourth-order valence-electron chi connectivity index (χ4n) is 1.20. The fraction of sp³-hybridized carbons (Fsp3) is 0.250. The first-order valence-corrected chi connectivity index (χ1v) is 5.60. The summed E-state index contributed by atoms with van der Waals surface area (Å²) in [5.74, 6) is 0.276. The molecule has 1 aromatic carbocycles. The Kier molecular flexibility index (Phi) is 4.56. The summed E-state index contributed by atoms with van der Waals surface area (Å²) in [5, 5.41) is 0. The molecule has 0 saturated heterocycles. The fourth-order valence-corrected chi connectivity index (χ4v) is 1.79. The minimum atomic E-state index is -0.302. The predicted molar refractivity (Wildman–Crippen MR) is 64.2 cm³/mol. The van der Waals surface area contributed by atoms with Gasteiger partial charge in [0.15, 0.2) is 0 Å². The van der Waals surface area contributed by atoms with E-state index in [1.807, 2.05) is 37.3 Å². The molecule has 1 unspecified atom stereocenters. The Morgan fingerprint density at radius 3 is 2.87 bits per heavy atom. The van der Waals surface area contributed by atoms with E-state index in [9.17, 15) is 4.79 Å². The van der Waals surface area contributed by atoms with Crippen LogP contribution in [-0.4, -0.2) is 5.97 Å². The van der Waals surface area contributed by atoms with Gasteiger partial charge in [0.1, 0.15) is 5.75 Å². The second kappa shape index (κ2) is 5.71. The lowest BCUT2D eigenvalue weighted by atomic mass is 10.1. The number of allylic oxidation sites excluding steroid dienone is 2. The number of carbonyl (C=O) groups is 1. The Bertz CT molecular complexity index is 372. The molecule has 0 saturated carbocycles. The molecule has 0 aliphatic heterocycles. The summed E-state index contributed by atoms with van der Waals surface area (Å²) in [6, 6.07) is 7.46. The van der Waals surface area contributed by atoms with Crippen LogP contribution in [0.25, 0.3) is 0 Å². The van der Waals surface area contributed by atoms with E-state index in [1.165, 1.54) is 6.92 Å². The molecule has 0 radical (unpaired) electrons. The SMILES string of the molecule is CC=CC(Br)c1cccc(OC(C)=O)c1. The maximum Gasteiger partial charge on any atom is 0.308 e. The number of carbonyl (C=O) groups excluding carboxylic acids is 1. The van der Waals surface area contributed by atoms with Gasteiger partial charge in [-0.2, -0.15) is 0 Å². The van der Waals surface area contributed by atoms with E-state index in [4.69, 9.17) is 4.74 Å². The Morgan fingerprint density at radius 2 is 2.27 bits per heavy atom. The second-order valence-electron chi connectivity index (χ2n) is 3.09. The molecule has 1 rings (SSSR count). The highest BCUT2D eigenvalue weighted by Crippen LogP contribution is 2.27. The first-order chi connectivity index (χ1) is 7.13. The van der Waals surface area contributed by atoms with Crippen molar-refractivity contribution in [3.63, 3.8) is 0 Å². The molecule has 80 valence electrons. The molecule has 0 aromatic heterocycles. The monoisotopic (exact) mass is 268 g/mol. The van der Waals surface area contributed by atoms with Crippen LogP contribution >= 0.6 is 15.9 Å². The molecule has 15 heavy (non-hydrogen) atoms. The van der Waals surface area contributed by atoms with E-state index in [0.717, 1.165) is 5.56 Å². The Labute approximate surface area is 98.1 Å². The van der Waals surface area contributed by atoms with Crippen LogP contribution in [0.5, 0.6) is 5.75 Å². The molecule has 0 aliphatic rings. The second-order valence-corrected chi connectivity index (χ2v) is 4.08. The third-order valence-electron chi connectivity index (χ3n) is 1.80. The Morgan fingerprint density at radius 1 is 1.53 bits per heavy atom. The average molecular weight is 269 g/mol. The van der Waals surface area contributed by atoms with E-state index in [-0.39, 0.29) is 10.8 Å². The summed E-state index contributed by atoms with van der Waals surface area (Å²) in [4.78, 5) is 10.9. The van der Waals surface area contributed by atoms with E-state index < -0.39 is 0 Å². The van der Waals surface area contributed by atoms with Gasteiger partial charge in [0.05, 0.1) is 4.83 Å². The van der Waals surface area contributed by atoms with Crippen LogP contribution in [0.15, 0.2) is 36.4 Å². The number of benzene rings is 1. The van der Waals surface area contributed by atoms with Crippen molar-refractivity contribution in [2.24, 2.45) is 0 Å². The summed E-state index contributed by atoms with van der Waals surface area (Å²) in [6.45, 7) is 3.36. The van der Waals surface area contributed by atoms with Crippen molar-refractivity contribution in [1.82, 2.24) is 0 Å². The van der Waals surface area contributed by atoms with E-state index in [0.29, 0.717) is 5.75 Å². The molecule has 0 amide bonds. The average Bonchev–Trinajstić information content (AvgIpc) is 2.17. The number of alkyl halides is 1. The predicted octanol–water partition coefficient (Wildman–Crippen LogP) is 3.62. The summed E-state index contributed by atoms with van der Waals surface area (Å²) in [6.07, 6.45) is 3.99. The van der Waals surface area contributed by atoms with Crippen LogP contribution in [0, 0.1) is 0 Å². The first-order valence-electron chi connectivity index (χ1n) is 4.68. The zero-order valence-corrected chi connectivity index (χ0v) is 10.3. The van der Waals surface area contributed by atoms with Crippen molar-refractivity contribution in [3.8, 4) is 5.75 Å². The summed E-state index contributed by atoms with van der Waals surface area (Å²) < 4.78 is 5.00. The van der Waals surface area contributed by atoms with Gasteiger partial charge in [-0.05, 0) is 24.6 Å². The van der Waals surface area contributed by atoms with Crippen LogP contribution in [0.3, 0.4) is 0 Å². The van der Waals surface area contributed by atoms with Gasteiger partial charge in [0, 0.05) is 6.92 Å². The van der Waals surface area contributed by atoms with Crippen LogP contribution in [-0.2, 0) is 4.79 Å². The van der Waals surface area contributed by atoms with Crippen molar-refractivity contribution in [3.05, 3.63) is 42.0 Å². The summed E-state index contributed by atoms with van der Waals surface area (Å²) in [7, 11) is 0. The van der Waals surface area contributed by atoms with Gasteiger partial charge in [-0.1, -0.05) is 40.2 Å². The molecule has 0 fully saturated rings. The molecule has 0 aliphatic carbocycles. The van der Waals surface area contributed by atoms with Crippen molar-refractivity contribution in [2.75, 3.05) is 0 Å². The van der Waals surface area contributed by atoms with Gasteiger partial charge in [-0.15, -0.1) is 0 Å². The molecule has 0 heterocycles. The van der Waals surface area contributed by atoms with Crippen molar-refractivity contribution in [2.45, 2.75) is 18.7 Å². The van der Waals surface area contributed by atoms with Crippen molar-refractivity contribution >= 4 is 21.9 Å². The molecule has 3 heteroatoms. The first kappa shape index (κ1) is 12.0. The third kappa shape index (κ3) is 3.88.